The SMILES string of the molecule is CCN(CC)CCn1ccc(CNC)c1. The van der Waals surface area contributed by atoms with E-state index in [-0.39, 0.29) is 0 Å². The van der Waals surface area contributed by atoms with Crippen molar-refractivity contribution in [1.29, 1.82) is 0 Å². The second-order valence-corrected chi connectivity index (χ2v) is 3.81. The standard InChI is InChI=1S/C12H23N3/c1-4-14(5-2)8-9-15-7-6-12(11-15)10-13-3/h6-7,11,13H,4-5,8-10H2,1-3H3. The van der Waals surface area contributed by atoms with Gasteiger partial charge in [0, 0.05) is 32.0 Å². The van der Waals surface area contributed by atoms with E-state index >= 15 is 0 Å². The smallest absolute Gasteiger partial charge is 0.0347 e. The Kier molecular flexibility index (Phi) is 5.43. The first kappa shape index (κ1) is 12.3. The maximum Gasteiger partial charge on any atom is 0.0347 e. The van der Waals surface area contributed by atoms with Gasteiger partial charge in [0.05, 0.1) is 0 Å². The maximum atomic E-state index is 3.16. The van der Waals surface area contributed by atoms with Crippen molar-refractivity contribution >= 4 is 0 Å². The van der Waals surface area contributed by atoms with Crippen molar-refractivity contribution in [2.45, 2.75) is 26.9 Å². The third-order valence-corrected chi connectivity index (χ3v) is 2.76. The number of hydrogen-bond donors (Lipinski definition) is 1. The van der Waals surface area contributed by atoms with Crippen molar-refractivity contribution in [2.24, 2.45) is 0 Å². The second-order valence-electron chi connectivity index (χ2n) is 3.81. The summed E-state index contributed by atoms with van der Waals surface area (Å²) in [6.07, 6.45) is 4.39. The molecule has 0 saturated carbocycles. The van der Waals surface area contributed by atoms with Gasteiger partial charge in [-0.15, -0.1) is 0 Å². The molecule has 3 heteroatoms. The van der Waals surface area contributed by atoms with Crippen molar-refractivity contribution in [3.63, 3.8) is 0 Å². The lowest BCUT2D eigenvalue weighted by Crippen LogP contribution is -2.26. The van der Waals surface area contributed by atoms with Crippen LogP contribution in [-0.4, -0.2) is 36.1 Å². The van der Waals surface area contributed by atoms with E-state index in [0.717, 1.165) is 32.7 Å². The first-order valence-electron chi connectivity index (χ1n) is 5.81. The molecule has 0 aliphatic carbocycles. The molecule has 0 radical (unpaired) electrons. The number of likely N-dealkylation sites (N-methyl/N-ethyl adjacent to an activating group) is 1. The number of rotatable bonds is 7. The number of nitrogens with one attached hydrogen (secondary N) is 1. The van der Waals surface area contributed by atoms with Crippen LogP contribution in [0.2, 0.25) is 0 Å². The van der Waals surface area contributed by atoms with Crippen LogP contribution in [0.5, 0.6) is 0 Å². The fraction of sp³-hybridized carbons (Fsp3) is 0.667. The second kappa shape index (κ2) is 6.64. The quantitative estimate of drug-likeness (QED) is 0.735. The summed E-state index contributed by atoms with van der Waals surface area (Å²) in [7, 11) is 1.98. The molecule has 1 rings (SSSR count). The van der Waals surface area contributed by atoms with Crippen LogP contribution in [-0.2, 0) is 13.1 Å². The molecule has 15 heavy (non-hydrogen) atoms. The van der Waals surface area contributed by atoms with Crippen LogP contribution in [0, 0.1) is 0 Å². The molecule has 0 unspecified atom stereocenters. The lowest BCUT2D eigenvalue weighted by atomic mass is 10.3. The summed E-state index contributed by atoms with van der Waals surface area (Å²) in [6.45, 7) is 9.89. The van der Waals surface area contributed by atoms with E-state index in [1.54, 1.807) is 0 Å². The first-order chi connectivity index (χ1) is 7.30. The van der Waals surface area contributed by atoms with Gasteiger partial charge in [-0.25, -0.2) is 0 Å². The van der Waals surface area contributed by atoms with Gasteiger partial charge in [0.25, 0.3) is 0 Å². The van der Waals surface area contributed by atoms with E-state index in [1.807, 2.05) is 7.05 Å². The Bertz CT molecular complexity index is 264. The molecule has 0 saturated heterocycles. The summed E-state index contributed by atoms with van der Waals surface area (Å²) in [5.74, 6) is 0. The van der Waals surface area contributed by atoms with E-state index in [4.69, 9.17) is 0 Å². The summed E-state index contributed by atoms with van der Waals surface area (Å²) in [4.78, 5) is 2.44. The lowest BCUT2D eigenvalue weighted by molar-refractivity contribution is 0.290. The van der Waals surface area contributed by atoms with Crippen LogP contribution in [0.25, 0.3) is 0 Å². The highest BCUT2D eigenvalue weighted by atomic mass is 15.1. The van der Waals surface area contributed by atoms with Crippen LogP contribution in [0.15, 0.2) is 18.5 Å². The lowest BCUT2D eigenvalue weighted by Gasteiger charge is -2.17. The molecular formula is C12H23N3. The molecule has 0 aromatic carbocycles. The number of aromatic nitrogens is 1. The number of hydrogen-bond acceptors (Lipinski definition) is 2. The van der Waals surface area contributed by atoms with Crippen LogP contribution < -0.4 is 5.32 Å². The topological polar surface area (TPSA) is 20.2 Å². The Morgan fingerprint density at radius 3 is 2.67 bits per heavy atom. The predicted molar refractivity (Wildman–Crippen MR) is 65.0 cm³/mol. The molecule has 86 valence electrons. The largest absolute Gasteiger partial charge is 0.353 e. The highest BCUT2D eigenvalue weighted by Crippen LogP contribution is 2.01. The highest BCUT2D eigenvalue weighted by molar-refractivity contribution is 5.09. The Hall–Kier alpha value is -0.800. The molecule has 1 N–H and O–H groups in total. The average molecular weight is 209 g/mol. The van der Waals surface area contributed by atoms with Crippen molar-refractivity contribution in [2.75, 3.05) is 26.7 Å². The van der Waals surface area contributed by atoms with Gasteiger partial charge in [-0.05, 0) is 31.8 Å². The minimum absolute atomic E-state index is 0.957. The monoisotopic (exact) mass is 209 g/mol. The Morgan fingerprint density at radius 2 is 2.07 bits per heavy atom. The summed E-state index contributed by atoms with van der Waals surface area (Å²) >= 11 is 0. The van der Waals surface area contributed by atoms with Gasteiger partial charge in [0.15, 0.2) is 0 Å². The molecular weight excluding hydrogens is 186 g/mol. The van der Waals surface area contributed by atoms with E-state index in [0.29, 0.717) is 0 Å². The van der Waals surface area contributed by atoms with Gasteiger partial charge in [0.1, 0.15) is 0 Å². The molecule has 0 bridgehead atoms. The van der Waals surface area contributed by atoms with Crippen LogP contribution >= 0.6 is 0 Å². The molecule has 0 amide bonds. The molecule has 0 aliphatic heterocycles. The Morgan fingerprint density at radius 1 is 1.33 bits per heavy atom. The van der Waals surface area contributed by atoms with Gasteiger partial charge in [-0.3, -0.25) is 0 Å². The number of nitrogens with zero attached hydrogens (tertiary/aromatic N) is 2. The molecule has 0 atom stereocenters. The van der Waals surface area contributed by atoms with Gasteiger partial charge in [0.2, 0.25) is 0 Å². The summed E-state index contributed by atoms with van der Waals surface area (Å²) < 4.78 is 2.27. The normalized spacial score (nSPS) is 11.2. The average Bonchev–Trinajstić information content (AvgIpc) is 2.68. The minimum Gasteiger partial charge on any atom is -0.353 e. The third-order valence-electron chi connectivity index (χ3n) is 2.76. The van der Waals surface area contributed by atoms with Gasteiger partial charge in [-0.1, -0.05) is 13.8 Å². The molecule has 0 fully saturated rings. The van der Waals surface area contributed by atoms with Crippen molar-refractivity contribution < 1.29 is 0 Å². The summed E-state index contributed by atoms with van der Waals surface area (Å²) in [5, 5.41) is 3.16. The third kappa shape index (κ3) is 4.06. The predicted octanol–water partition coefficient (Wildman–Crippen LogP) is 1.55. The highest BCUT2D eigenvalue weighted by Gasteiger charge is 2.00. The zero-order valence-corrected chi connectivity index (χ0v) is 10.2. The molecule has 3 nitrogen and oxygen atoms in total. The summed E-state index contributed by atoms with van der Waals surface area (Å²) in [5.41, 5.74) is 1.36. The van der Waals surface area contributed by atoms with Gasteiger partial charge in [-0.2, -0.15) is 0 Å². The van der Waals surface area contributed by atoms with Crippen LogP contribution in [0.3, 0.4) is 0 Å². The van der Waals surface area contributed by atoms with E-state index in [1.165, 1.54) is 5.56 Å². The molecule has 0 spiro atoms. The minimum atomic E-state index is 0.957. The zero-order valence-electron chi connectivity index (χ0n) is 10.2. The molecule has 1 aromatic rings. The summed E-state index contributed by atoms with van der Waals surface area (Å²) in [6, 6.07) is 2.18. The first-order valence-corrected chi connectivity index (χ1v) is 5.81. The van der Waals surface area contributed by atoms with Crippen molar-refractivity contribution in [3.8, 4) is 0 Å². The maximum absolute atomic E-state index is 3.16. The Balaban J connectivity index is 2.36. The van der Waals surface area contributed by atoms with Gasteiger partial charge < -0.3 is 14.8 Å². The van der Waals surface area contributed by atoms with Crippen LogP contribution in [0.1, 0.15) is 19.4 Å². The Labute approximate surface area is 93.1 Å². The van der Waals surface area contributed by atoms with Gasteiger partial charge >= 0.3 is 0 Å². The molecule has 0 aliphatic rings. The van der Waals surface area contributed by atoms with Crippen molar-refractivity contribution in [1.82, 2.24) is 14.8 Å². The van der Waals surface area contributed by atoms with Crippen molar-refractivity contribution in [3.05, 3.63) is 24.0 Å². The molecule has 1 aromatic heterocycles. The molecule has 1 heterocycles. The zero-order chi connectivity index (χ0) is 11.1. The van der Waals surface area contributed by atoms with Crippen LogP contribution in [0.4, 0.5) is 0 Å². The van der Waals surface area contributed by atoms with E-state index in [2.05, 4.69) is 47.1 Å². The fourth-order valence-electron chi connectivity index (χ4n) is 1.74. The van der Waals surface area contributed by atoms with E-state index < -0.39 is 0 Å². The fourth-order valence-corrected chi connectivity index (χ4v) is 1.74. The van der Waals surface area contributed by atoms with E-state index in [9.17, 15) is 0 Å².